The molecule has 0 aromatic heterocycles. The third-order valence-corrected chi connectivity index (χ3v) is 1.52. The predicted octanol–water partition coefficient (Wildman–Crippen LogP) is 2.39. The number of ether oxygens (including phenoxy) is 1. The van der Waals surface area contributed by atoms with Crippen LogP contribution in [0.25, 0.3) is 0 Å². The van der Waals surface area contributed by atoms with Crippen molar-refractivity contribution in [3.05, 3.63) is 29.3 Å². The van der Waals surface area contributed by atoms with Crippen molar-refractivity contribution >= 4 is 11.7 Å². The zero-order valence-corrected chi connectivity index (χ0v) is 9.13. The molecular formula is C11H17NO2. The quantitative estimate of drug-likeness (QED) is 0.553. The molecule has 0 aliphatic rings. The molecule has 3 nitrogen and oxygen atoms in total. The fourth-order valence-electron chi connectivity index (χ4n) is 1.05. The van der Waals surface area contributed by atoms with Gasteiger partial charge in [-0.3, -0.25) is 0 Å². The molecule has 0 radical (unpaired) electrons. The second-order valence-electron chi connectivity index (χ2n) is 2.62. The summed E-state index contributed by atoms with van der Waals surface area (Å²) in [6.07, 6.45) is 0. The molecule has 1 rings (SSSR count). The molecule has 0 heterocycles. The van der Waals surface area contributed by atoms with Gasteiger partial charge in [0.05, 0.1) is 12.7 Å². The number of rotatable bonds is 1. The summed E-state index contributed by atoms with van der Waals surface area (Å²) in [5, 5.41) is 0. The summed E-state index contributed by atoms with van der Waals surface area (Å²) in [6, 6.07) is 5.13. The van der Waals surface area contributed by atoms with E-state index in [1.165, 1.54) is 7.11 Å². The molecule has 14 heavy (non-hydrogen) atoms. The lowest BCUT2D eigenvalue weighted by atomic mass is 10.1. The second kappa shape index (κ2) is 6.02. The highest BCUT2D eigenvalue weighted by atomic mass is 16.5. The first-order chi connectivity index (χ1) is 6.63. The largest absolute Gasteiger partial charge is 0.465 e. The molecule has 0 aliphatic carbocycles. The first kappa shape index (κ1) is 12.5. The van der Waals surface area contributed by atoms with Crippen LogP contribution < -0.4 is 5.73 Å². The monoisotopic (exact) mass is 195 g/mol. The average molecular weight is 195 g/mol. The van der Waals surface area contributed by atoms with Crippen LogP contribution in [0, 0.1) is 6.92 Å². The molecule has 0 fully saturated rings. The summed E-state index contributed by atoms with van der Waals surface area (Å²) in [5.74, 6) is -0.356. The Morgan fingerprint density at radius 1 is 1.29 bits per heavy atom. The minimum absolute atomic E-state index is 0.356. The van der Waals surface area contributed by atoms with E-state index in [1.54, 1.807) is 18.2 Å². The van der Waals surface area contributed by atoms with Gasteiger partial charge in [0.1, 0.15) is 0 Å². The number of aryl methyl sites for hydroxylation is 1. The number of anilines is 1. The highest BCUT2D eigenvalue weighted by Gasteiger charge is 2.05. The van der Waals surface area contributed by atoms with Gasteiger partial charge in [0.15, 0.2) is 0 Å². The molecule has 0 saturated heterocycles. The fraction of sp³-hybridized carbons (Fsp3) is 0.364. The molecule has 78 valence electrons. The summed E-state index contributed by atoms with van der Waals surface area (Å²) in [5.41, 5.74) is 7.57. The Kier molecular flexibility index (Phi) is 5.37. The molecule has 3 heteroatoms. The third-order valence-electron chi connectivity index (χ3n) is 1.52. The number of carbonyl (C=O) groups is 1. The number of hydrogen-bond acceptors (Lipinski definition) is 3. The Labute approximate surface area is 84.9 Å². The highest BCUT2D eigenvalue weighted by Crippen LogP contribution is 2.11. The van der Waals surface area contributed by atoms with E-state index in [-0.39, 0.29) is 5.97 Å². The lowest BCUT2D eigenvalue weighted by Gasteiger charge is -2.01. The van der Waals surface area contributed by atoms with Crippen LogP contribution in [0.1, 0.15) is 29.8 Å². The van der Waals surface area contributed by atoms with E-state index < -0.39 is 0 Å². The molecule has 0 atom stereocenters. The van der Waals surface area contributed by atoms with Crippen LogP contribution in [0.2, 0.25) is 0 Å². The number of benzene rings is 1. The predicted molar refractivity (Wildman–Crippen MR) is 58.3 cm³/mol. The lowest BCUT2D eigenvalue weighted by molar-refractivity contribution is 0.0600. The van der Waals surface area contributed by atoms with Crippen molar-refractivity contribution in [2.45, 2.75) is 20.8 Å². The van der Waals surface area contributed by atoms with Gasteiger partial charge >= 0.3 is 5.97 Å². The first-order valence-electron chi connectivity index (χ1n) is 4.59. The summed E-state index contributed by atoms with van der Waals surface area (Å²) in [6.45, 7) is 5.88. The van der Waals surface area contributed by atoms with Crippen molar-refractivity contribution in [1.82, 2.24) is 0 Å². The molecule has 0 amide bonds. The SMILES string of the molecule is CC.COC(=O)c1cc(C)cc(N)c1. The van der Waals surface area contributed by atoms with Crippen molar-refractivity contribution in [1.29, 1.82) is 0 Å². The number of esters is 1. The number of nitrogen functional groups attached to an aromatic ring is 1. The molecule has 0 unspecified atom stereocenters. The summed E-state index contributed by atoms with van der Waals surface area (Å²) >= 11 is 0. The van der Waals surface area contributed by atoms with Gasteiger partial charge in [-0.2, -0.15) is 0 Å². The Bertz CT molecular complexity index is 288. The topological polar surface area (TPSA) is 52.3 Å². The van der Waals surface area contributed by atoms with Gasteiger partial charge in [-0.25, -0.2) is 4.79 Å². The summed E-state index contributed by atoms with van der Waals surface area (Å²) in [7, 11) is 1.35. The standard InChI is InChI=1S/C9H11NO2.C2H6/c1-6-3-7(9(11)12-2)5-8(10)4-6;1-2/h3-5H,10H2,1-2H3;1-2H3. The molecule has 1 aromatic rings. The van der Waals surface area contributed by atoms with Crippen LogP contribution in [0.5, 0.6) is 0 Å². The Hall–Kier alpha value is -1.51. The molecule has 2 N–H and O–H groups in total. The number of methoxy groups -OCH3 is 1. The van der Waals surface area contributed by atoms with E-state index in [1.807, 2.05) is 20.8 Å². The van der Waals surface area contributed by atoms with Crippen LogP contribution >= 0.6 is 0 Å². The maximum Gasteiger partial charge on any atom is 0.337 e. The number of hydrogen-bond donors (Lipinski definition) is 1. The van der Waals surface area contributed by atoms with Gasteiger partial charge in [-0.15, -0.1) is 0 Å². The van der Waals surface area contributed by atoms with E-state index in [0.717, 1.165) is 5.56 Å². The Morgan fingerprint density at radius 2 is 1.86 bits per heavy atom. The average Bonchev–Trinajstić information content (AvgIpc) is 2.18. The zero-order chi connectivity index (χ0) is 11.1. The van der Waals surface area contributed by atoms with E-state index in [2.05, 4.69) is 4.74 Å². The van der Waals surface area contributed by atoms with Crippen LogP contribution in [0.4, 0.5) is 5.69 Å². The highest BCUT2D eigenvalue weighted by molar-refractivity contribution is 5.90. The molecule has 0 saturated carbocycles. The molecule has 0 bridgehead atoms. The van der Waals surface area contributed by atoms with E-state index >= 15 is 0 Å². The van der Waals surface area contributed by atoms with Gasteiger partial charge in [-0.05, 0) is 30.7 Å². The zero-order valence-electron chi connectivity index (χ0n) is 9.13. The lowest BCUT2D eigenvalue weighted by Crippen LogP contribution is -2.02. The number of nitrogens with two attached hydrogens (primary N) is 1. The van der Waals surface area contributed by atoms with Gasteiger partial charge in [0, 0.05) is 5.69 Å². The minimum Gasteiger partial charge on any atom is -0.465 e. The smallest absolute Gasteiger partial charge is 0.337 e. The van der Waals surface area contributed by atoms with Crippen molar-refractivity contribution < 1.29 is 9.53 Å². The van der Waals surface area contributed by atoms with E-state index in [9.17, 15) is 4.79 Å². The van der Waals surface area contributed by atoms with Gasteiger partial charge in [0.25, 0.3) is 0 Å². The molecule has 0 aliphatic heterocycles. The van der Waals surface area contributed by atoms with Crippen LogP contribution in [-0.2, 0) is 4.74 Å². The fourth-order valence-corrected chi connectivity index (χ4v) is 1.05. The minimum atomic E-state index is -0.356. The molecular weight excluding hydrogens is 178 g/mol. The first-order valence-corrected chi connectivity index (χ1v) is 4.59. The van der Waals surface area contributed by atoms with Crippen LogP contribution in [0.15, 0.2) is 18.2 Å². The van der Waals surface area contributed by atoms with Gasteiger partial charge in [0.2, 0.25) is 0 Å². The maximum atomic E-state index is 11.0. The normalized spacial score (nSPS) is 8.57. The second-order valence-corrected chi connectivity index (χ2v) is 2.62. The van der Waals surface area contributed by atoms with E-state index in [4.69, 9.17) is 5.73 Å². The third kappa shape index (κ3) is 3.47. The van der Waals surface area contributed by atoms with Crippen LogP contribution in [-0.4, -0.2) is 13.1 Å². The van der Waals surface area contributed by atoms with Crippen molar-refractivity contribution in [3.63, 3.8) is 0 Å². The van der Waals surface area contributed by atoms with Gasteiger partial charge < -0.3 is 10.5 Å². The maximum absolute atomic E-state index is 11.0. The summed E-state index contributed by atoms with van der Waals surface area (Å²) in [4.78, 5) is 11.0. The Morgan fingerprint density at radius 3 is 2.29 bits per heavy atom. The molecule has 0 spiro atoms. The number of carbonyl (C=O) groups excluding carboxylic acids is 1. The van der Waals surface area contributed by atoms with Crippen molar-refractivity contribution in [2.75, 3.05) is 12.8 Å². The van der Waals surface area contributed by atoms with Crippen molar-refractivity contribution in [3.8, 4) is 0 Å². The van der Waals surface area contributed by atoms with Crippen molar-refractivity contribution in [2.24, 2.45) is 0 Å². The Balaban J connectivity index is 0.000000791. The van der Waals surface area contributed by atoms with E-state index in [0.29, 0.717) is 11.3 Å². The summed E-state index contributed by atoms with van der Waals surface area (Å²) < 4.78 is 4.55. The molecule has 1 aromatic carbocycles. The van der Waals surface area contributed by atoms with Crippen LogP contribution in [0.3, 0.4) is 0 Å². The van der Waals surface area contributed by atoms with Gasteiger partial charge in [-0.1, -0.05) is 13.8 Å².